The maximum absolute atomic E-state index is 5.22. The molecule has 0 aliphatic carbocycles. The maximum atomic E-state index is 5.22. The summed E-state index contributed by atoms with van der Waals surface area (Å²) in [5.41, 5.74) is 1.21. The molecule has 0 spiro atoms. The van der Waals surface area contributed by atoms with E-state index in [0.29, 0.717) is 6.04 Å². The third-order valence-corrected chi connectivity index (χ3v) is 3.67. The number of rotatable bonds is 6. The molecule has 0 aliphatic heterocycles. The summed E-state index contributed by atoms with van der Waals surface area (Å²) in [7, 11) is 1.70. The largest absolute Gasteiger partial charge is 0.496 e. The third-order valence-electron chi connectivity index (χ3n) is 2.65. The summed E-state index contributed by atoms with van der Waals surface area (Å²) in [5.74, 6) is 0.931. The molecular weight excluding hydrogens is 234 g/mol. The monoisotopic (exact) mass is 251 g/mol. The van der Waals surface area contributed by atoms with Gasteiger partial charge in [-0.2, -0.15) is 0 Å². The molecule has 0 bridgehead atoms. The number of ether oxygens (including phenoxy) is 1. The van der Waals surface area contributed by atoms with Crippen LogP contribution >= 0.6 is 11.3 Å². The Bertz CT molecular complexity index is 436. The lowest BCUT2D eigenvalue weighted by molar-refractivity contribution is 0.415. The molecule has 0 aromatic carbocycles. The number of nitrogens with one attached hydrogen (secondary N) is 1. The number of thiophene rings is 1. The molecule has 2 aromatic rings. The Kier molecular flexibility index (Phi) is 4.23. The first-order chi connectivity index (χ1) is 8.33. The number of likely N-dealkylation sites (N-methyl/N-ethyl adjacent to an activating group) is 1. The number of furan rings is 1. The molecule has 2 heterocycles. The molecule has 0 radical (unpaired) electrons. The molecule has 2 rings (SSSR count). The Morgan fingerprint density at radius 2 is 2.41 bits per heavy atom. The Labute approximate surface area is 105 Å². The lowest BCUT2D eigenvalue weighted by Gasteiger charge is -2.15. The van der Waals surface area contributed by atoms with Crippen LogP contribution in [-0.2, 0) is 6.42 Å². The average molecular weight is 251 g/mol. The fourth-order valence-corrected chi connectivity index (χ4v) is 2.72. The van der Waals surface area contributed by atoms with Crippen molar-refractivity contribution < 1.29 is 9.15 Å². The molecule has 1 unspecified atom stereocenters. The number of methoxy groups -OCH3 is 1. The molecule has 92 valence electrons. The Morgan fingerprint density at radius 3 is 3.00 bits per heavy atom. The van der Waals surface area contributed by atoms with Gasteiger partial charge in [0.15, 0.2) is 0 Å². The SMILES string of the molecule is CCNC(Cc1ccoc1)c1cc(OC)cs1. The fraction of sp³-hybridized carbons (Fsp3) is 0.385. The molecule has 17 heavy (non-hydrogen) atoms. The summed E-state index contributed by atoms with van der Waals surface area (Å²) in [6, 6.07) is 4.43. The molecule has 0 saturated carbocycles. The first-order valence-corrected chi connectivity index (χ1v) is 6.58. The van der Waals surface area contributed by atoms with Gasteiger partial charge in [0.05, 0.1) is 19.6 Å². The van der Waals surface area contributed by atoms with Gasteiger partial charge in [-0.05, 0) is 30.7 Å². The molecular formula is C13H17NO2S. The number of hydrogen-bond acceptors (Lipinski definition) is 4. The van der Waals surface area contributed by atoms with E-state index in [9.17, 15) is 0 Å². The van der Waals surface area contributed by atoms with E-state index in [-0.39, 0.29) is 0 Å². The maximum Gasteiger partial charge on any atom is 0.129 e. The summed E-state index contributed by atoms with van der Waals surface area (Å²) < 4.78 is 10.3. The minimum absolute atomic E-state index is 0.325. The van der Waals surface area contributed by atoms with Crippen molar-refractivity contribution in [2.75, 3.05) is 13.7 Å². The number of hydrogen-bond donors (Lipinski definition) is 1. The van der Waals surface area contributed by atoms with Gasteiger partial charge < -0.3 is 14.5 Å². The van der Waals surface area contributed by atoms with Crippen molar-refractivity contribution in [1.82, 2.24) is 5.32 Å². The van der Waals surface area contributed by atoms with Crippen LogP contribution in [0.2, 0.25) is 0 Å². The van der Waals surface area contributed by atoms with Crippen LogP contribution in [0.3, 0.4) is 0 Å². The first-order valence-electron chi connectivity index (χ1n) is 5.70. The van der Waals surface area contributed by atoms with Gasteiger partial charge in [-0.25, -0.2) is 0 Å². The van der Waals surface area contributed by atoms with Crippen molar-refractivity contribution in [2.45, 2.75) is 19.4 Å². The summed E-state index contributed by atoms with van der Waals surface area (Å²) >= 11 is 1.73. The van der Waals surface area contributed by atoms with Crippen molar-refractivity contribution >= 4 is 11.3 Å². The smallest absolute Gasteiger partial charge is 0.129 e. The quantitative estimate of drug-likeness (QED) is 0.856. The van der Waals surface area contributed by atoms with Gasteiger partial charge >= 0.3 is 0 Å². The van der Waals surface area contributed by atoms with Gasteiger partial charge in [0, 0.05) is 16.3 Å². The normalized spacial score (nSPS) is 12.6. The van der Waals surface area contributed by atoms with Crippen molar-refractivity contribution in [1.29, 1.82) is 0 Å². The van der Waals surface area contributed by atoms with Crippen LogP contribution in [0.15, 0.2) is 34.5 Å². The van der Waals surface area contributed by atoms with Crippen molar-refractivity contribution in [2.24, 2.45) is 0 Å². The van der Waals surface area contributed by atoms with Crippen LogP contribution in [0.5, 0.6) is 5.75 Å². The molecule has 1 N–H and O–H groups in total. The van der Waals surface area contributed by atoms with Gasteiger partial charge in [0.25, 0.3) is 0 Å². The standard InChI is InChI=1S/C13H17NO2S/c1-3-14-12(6-10-4-5-16-8-10)13-7-11(15-2)9-17-13/h4-5,7-9,12,14H,3,6H2,1-2H3. The molecule has 0 saturated heterocycles. The van der Waals surface area contributed by atoms with Gasteiger partial charge in [-0.15, -0.1) is 11.3 Å². The summed E-state index contributed by atoms with van der Waals surface area (Å²) in [4.78, 5) is 1.30. The van der Waals surface area contributed by atoms with E-state index in [4.69, 9.17) is 9.15 Å². The highest BCUT2D eigenvalue weighted by Crippen LogP contribution is 2.29. The zero-order valence-corrected chi connectivity index (χ0v) is 10.9. The lowest BCUT2D eigenvalue weighted by Crippen LogP contribution is -2.21. The summed E-state index contributed by atoms with van der Waals surface area (Å²) in [6.07, 6.45) is 4.45. The first kappa shape index (κ1) is 12.2. The van der Waals surface area contributed by atoms with Crippen LogP contribution < -0.4 is 10.1 Å². The van der Waals surface area contributed by atoms with Gasteiger partial charge in [-0.3, -0.25) is 0 Å². The lowest BCUT2D eigenvalue weighted by atomic mass is 10.1. The van der Waals surface area contributed by atoms with Crippen LogP contribution in [0, 0.1) is 0 Å². The van der Waals surface area contributed by atoms with Crippen LogP contribution in [-0.4, -0.2) is 13.7 Å². The van der Waals surface area contributed by atoms with Crippen LogP contribution in [0.4, 0.5) is 0 Å². The zero-order valence-electron chi connectivity index (χ0n) is 10.1. The van der Waals surface area contributed by atoms with Gasteiger partial charge in [-0.1, -0.05) is 6.92 Å². The minimum Gasteiger partial charge on any atom is -0.496 e. The third kappa shape index (κ3) is 3.11. The predicted molar refractivity (Wildman–Crippen MR) is 69.7 cm³/mol. The molecule has 1 atom stereocenters. The molecule has 0 amide bonds. The van der Waals surface area contributed by atoms with Gasteiger partial charge in [0.2, 0.25) is 0 Å². The van der Waals surface area contributed by atoms with Crippen molar-refractivity contribution in [3.05, 3.63) is 40.5 Å². The van der Waals surface area contributed by atoms with Crippen molar-refractivity contribution in [3.63, 3.8) is 0 Å². The topological polar surface area (TPSA) is 34.4 Å². The molecule has 2 aromatic heterocycles. The van der Waals surface area contributed by atoms with E-state index in [1.54, 1.807) is 31.0 Å². The van der Waals surface area contributed by atoms with E-state index in [1.807, 2.05) is 11.4 Å². The van der Waals surface area contributed by atoms with Crippen molar-refractivity contribution in [3.8, 4) is 5.75 Å². The second kappa shape index (κ2) is 5.89. The fourth-order valence-electron chi connectivity index (χ4n) is 1.79. The zero-order chi connectivity index (χ0) is 12.1. The Balaban J connectivity index is 2.10. The van der Waals surface area contributed by atoms with Crippen LogP contribution in [0.25, 0.3) is 0 Å². The van der Waals surface area contributed by atoms with E-state index in [2.05, 4.69) is 18.3 Å². The average Bonchev–Trinajstić information content (AvgIpc) is 2.99. The summed E-state index contributed by atoms with van der Waals surface area (Å²) in [6.45, 7) is 3.07. The predicted octanol–water partition coefficient (Wildman–Crippen LogP) is 3.24. The Hall–Kier alpha value is -1.26. The van der Waals surface area contributed by atoms with E-state index >= 15 is 0 Å². The second-order valence-electron chi connectivity index (χ2n) is 3.83. The van der Waals surface area contributed by atoms with E-state index in [1.165, 1.54) is 10.4 Å². The molecule has 0 aliphatic rings. The highest BCUT2D eigenvalue weighted by molar-refractivity contribution is 7.10. The summed E-state index contributed by atoms with van der Waals surface area (Å²) in [5, 5.41) is 5.52. The molecule has 4 heteroatoms. The molecule has 3 nitrogen and oxygen atoms in total. The highest BCUT2D eigenvalue weighted by Gasteiger charge is 2.14. The second-order valence-corrected chi connectivity index (χ2v) is 4.78. The molecule has 0 fully saturated rings. The van der Waals surface area contributed by atoms with E-state index in [0.717, 1.165) is 18.7 Å². The van der Waals surface area contributed by atoms with E-state index < -0.39 is 0 Å². The van der Waals surface area contributed by atoms with Gasteiger partial charge in [0.1, 0.15) is 5.75 Å². The Morgan fingerprint density at radius 1 is 1.53 bits per heavy atom. The highest BCUT2D eigenvalue weighted by atomic mass is 32.1. The van der Waals surface area contributed by atoms with Crippen LogP contribution in [0.1, 0.15) is 23.4 Å². The minimum atomic E-state index is 0.325.